The normalized spacial score (nSPS) is 14.9. The summed E-state index contributed by atoms with van der Waals surface area (Å²) in [6.07, 6.45) is 1.29. The first-order valence-corrected chi connectivity index (χ1v) is 8.97. The van der Waals surface area contributed by atoms with Crippen molar-refractivity contribution in [2.24, 2.45) is 0 Å². The topological polar surface area (TPSA) is 64.9 Å². The molecule has 0 aromatic carbocycles. The number of nitriles is 1. The molecule has 3 heterocycles. The maximum atomic E-state index is 12.3. The molecule has 0 spiro atoms. The predicted octanol–water partition coefficient (Wildman–Crippen LogP) is 3.46. The smallest absolute Gasteiger partial charge is 0.225 e. The number of rotatable bonds is 4. The molecular formula is C16H17N3OS2. The van der Waals surface area contributed by atoms with Crippen molar-refractivity contribution in [2.45, 2.75) is 32.2 Å². The number of thiophene rings is 2. The highest BCUT2D eigenvalue weighted by atomic mass is 32.1. The lowest BCUT2D eigenvalue weighted by Gasteiger charge is -2.11. The molecule has 0 saturated carbocycles. The number of hydrogen-bond acceptors (Lipinski definition) is 5. The van der Waals surface area contributed by atoms with E-state index in [0.717, 1.165) is 25.1 Å². The average Bonchev–Trinajstić information content (AvgIpc) is 3.14. The van der Waals surface area contributed by atoms with Crippen molar-refractivity contribution in [1.82, 2.24) is 5.32 Å². The van der Waals surface area contributed by atoms with Crippen LogP contribution in [0.3, 0.4) is 0 Å². The van der Waals surface area contributed by atoms with Crippen LogP contribution in [0.15, 0.2) is 17.5 Å². The van der Waals surface area contributed by atoms with Gasteiger partial charge in [0.05, 0.1) is 5.56 Å². The molecule has 114 valence electrons. The Balaban J connectivity index is 1.72. The summed E-state index contributed by atoms with van der Waals surface area (Å²) in [4.78, 5) is 14.7. The van der Waals surface area contributed by atoms with Crippen LogP contribution in [0.1, 0.15) is 40.1 Å². The first-order valence-electron chi connectivity index (χ1n) is 7.27. The molecule has 1 unspecified atom stereocenters. The van der Waals surface area contributed by atoms with Gasteiger partial charge in [-0.05, 0) is 35.9 Å². The van der Waals surface area contributed by atoms with Crippen molar-refractivity contribution >= 4 is 33.6 Å². The number of fused-ring (bicyclic) bond motifs is 1. The highest BCUT2D eigenvalue weighted by Gasteiger charge is 2.22. The number of amides is 1. The largest absolute Gasteiger partial charge is 0.317 e. The van der Waals surface area contributed by atoms with E-state index in [1.807, 2.05) is 11.4 Å². The van der Waals surface area contributed by atoms with Gasteiger partial charge in [0.1, 0.15) is 11.1 Å². The molecule has 0 fully saturated rings. The van der Waals surface area contributed by atoms with E-state index in [-0.39, 0.29) is 11.8 Å². The van der Waals surface area contributed by atoms with E-state index in [2.05, 4.69) is 29.7 Å². The van der Waals surface area contributed by atoms with E-state index in [9.17, 15) is 10.1 Å². The maximum Gasteiger partial charge on any atom is 0.225 e. The van der Waals surface area contributed by atoms with Crippen LogP contribution in [-0.2, 0) is 17.8 Å². The Kier molecular flexibility index (Phi) is 4.57. The molecule has 4 nitrogen and oxygen atoms in total. The van der Waals surface area contributed by atoms with Gasteiger partial charge in [0.15, 0.2) is 0 Å². The Labute approximate surface area is 137 Å². The minimum Gasteiger partial charge on any atom is -0.317 e. The van der Waals surface area contributed by atoms with Crippen molar-refractivity contribution in [1.29, 1.82) is 5.26 Å². The number of carbonyl (C=O) groups is 1. The van der Waals surface area contributed by atoms with Crippen molar-refractivity contribution in [2.75, 3.05) is 11.9 Å². The lowest BCUT2D eigenvalue weighted by molar-refractivity contribution is -0.116. The van der Waals surface area contributed by atoms with E-state index in [1.54, 1.807) is 11.3 Å². The van der Waals surface area contributed by atoms with Gasteiger partial charge in [0, 0.05) is 22.7 Å². The fourth-order valence-electron chi connectivity index (χ4n) is 2.67. The molecule has 2 N–H and O–H groups in total. The molecule has 0 bridgehead atoms. The first-order chi connectivity index (χ1) is 10.7. The summed E-state index contributed by atoms with van der Waals surface area (Å²) in [7, 11) is 0. The summed E-state index contributed by atoms with van der Waals surface area (Å²) in [6.45, 7) is 3.73. The number of carbonyl (C=O) groups excluding carboxylic acids is 1. The van der Waals surface area contributed by atoms with Crippen molar-refractivity contribution in [3.05, 3.63) is 38.4 Å². The summed E-state index contributed by atoms with van der Waals surface area (Å²) in [6, 6.07) is 6.32. The number of nitrogens with zero attached hydrogens (tertiary/aromatic N) is 1. The standard InChI is InChI=1S/C16H17N3OS2/c1-10(13-3-2-6-21-13)7-15(20)19-16-12(8-17)11-4-5-18-9-14(11)22-16/h2-3,6,10,18H,4-5,7,9H2,1H3,(H,19,20). The van der Waals surface area contributed by atoms with Crippen LogP contribution < -0.4 is 10.6 Å². The van der Waals surface area contributed by atoms with E-state index in [1.165, 1.54) is 21.1 Å². The van der Waals surface area contributed by atoms with Crippen LogP contribution in [0, 0.1) is 11.3 Å². The van der Waals surface area contributed by atoms with E-state index in [4.69, 9.17) is 0 Å². The second kappa shape index (κ2) is 6.61. The van der Waals surface area contributed by atoms with Gasteiger partial charge in [0.2, 0.25) is 5.91 Å². The van der Waals surface area contributed by atoms with Crippen LogP contribution >= 0.6 is 22.7 Å². The monoisotopic (exact) mass is 331 g/mol. The summed E-state index contributed by atoms with van der Waals surface area (Å²) in [5.74, 6) is 0.172. The summed E-state index contributed by atoms with van der Waals surface area (Å²) in [5.41, 5.74) is 1.76. The van der Waals surface area contributed by atoms with Gasteiger partial charge < -0.3 is 10.6 Å². The molecule has 2 aromatic rings. The Morgan fingerprint density at radius 1 is 1.59 bits per heavy atom. The minimum atomic E-state index is -0.0241. The molecule has 0 radical (unpaired) electrons. The molecule has 1 atom stereocenters. The molecule has 1 aliphatic rings. The number of hydrogen-bond donors (Lipinski definition) is 2. The van der Waals surface area contributed by atoms with Gasteiger partial charge in [-0.25, -0.2) is 0 Å². The molecule has 1 aliphatic heterocycles. The quantitative estimate of drug-likeness (QED) is 0.902. The van der Waals surface area contributed by atoms with Crippen molar-refractivity contribution < 1.29 is 4.79 Å². The lowest BCUT2D eigenvalue weighted by Crippen LogP contribution is -2.22. The SMILES string of the molecule is CC(CC(=O)Nc1sc2c(c1C#N)CCNC2)c1cccs1. The molecule has 2 aromatic heterocycles. The third-order valence-corrected chi connectivity index (χ3v) is 6.06. The van der Waals surface area contributed by atoms with E-state index < -0.39 is 0 Å². The first kappa shape index (κ1) is 15.2. The van der Waals surface area contributed by atoms with Crippen LogP contribution in [-0.4, -0.2) is 12.5 Å². The van der Waals surface area contributed by atoms with Crippen LogP contribution in [0.5, 0.6) is 0 Å². The number of nitrogens with one attached hydrogen (secondary N) is 2. The Bertz CT molecular complexity index is 713. The third-order valence-electron chi connectivity index (χ3n) is 3.81. The van der Waals surface area contributed by atoms with Gasteiger partial charge in [-0.3, -0.25) is 4.79 Å². The predicted molar refractivity (Wildman–Crippen MR) is 90.4 cm³/mol. The Morgan fingerprint density at radius 3 is 3.18 bits per heavy atom. The van der Waals surface area contributed by atoms with Crippen molar-refractivity contribution in [3.63, 3.8) is 0 Å². The maximum absolute atomic E-state index is 12.3. The molecule has 6 heteroatoms. The van der Waals surface area contributed by atoms with Crippen LogP contribution in [0.4, 0.5) is 5.00 Å². The van der Waals surface area contributed by atoms with Gasteiger partial charge >= 0.3 is 0 Å². The highest BCUT2D eigenvalue weighted by Crippen LogP contribution is 2.35. The third kappa shape index (κ3) is 3.07. The second-order valence-electron chi connectivity index (χ2n) is 5.42. The Hall–Kier alpha value is -1.68. The highest BCUT2D eigenvalue weighted by molar-refractivity contribution is 7.16. The van der Waals surface area contributed by atoms with Gasteiger partial charge in [-0.15, -0.1) is 22.7 Å². The van der Waals surface area contributed by atoms with Gasteiger partial charge in [-0.1, -0.05) is 13.0 Å². The lowest BCUT2D eigenvalue weighted by atomic mass is 10.0. The van der Waals surface area contributed by atoms with Crippen LogP contribution in [0.25, 0.3) is 0 Å². The number of anilines is 1. The fourth-order valence-corrected chi connectivity index (χ4v) is 4.64. The molecule has 1 amide bonds. The molecule has 0 aliphatic carbocycles. The summed E-state index contributed by atoms with van der Waals surface area (Å²) in [5, 5.41) is 18.4. The minimum absolute atomic E-state index is 0.0241. The summed E-state index contributed by atoms with van der Waals surface area (Å²) >= 11 is 3.20. The zero-order valence-electron chi connectivity index (χ0n) is 12.3. The zero-order chi connectivity index (χ0) is 15.5. The second-order valence-corrected chi connectivity index (χ2v) is 7.50. The molecular weight excluding hydrogens is 314 g/mol. The summed E-state index contributed by atoms with van der Waals surface area (Å²) < 4.78 is 0. The van der Waals surface area contributed by atoms with Gasteiger partial charge in [-0.2, -0.15) is 5.26 Å². The Morgan fingerprint density at radius 2 is 2.45 bits per heavy atom. The fraction of sp³-hybridized carbons (Fsp3) is 0.375. The molecule has 3 rings (SSSR count). The van der Waals surface area contributed by atoms with Gasteiger partial charge in [0.25, 0.3) is 0 Å². The average molecular weight is 331 g/mol. The van der Waals surface area contributed by atoms with E-state index in [0.29, 0.717) is 17.0 Å². The van der Waals surface area contributed by atoms with Crippen molar-refractivity contribution in [3.8, 4) is 6.07 Å². The van der Waals surface area contributed by atoms with Crippen LogP contribution in [0.2, 0.25) is 0 Å². The molecule has 22 heavy (non-hydrogen) atoms. The zero-order valence-corrected chi connectivity index (χ0v) is 13.9. The molecule has 0 saturated heterocycles. The van der Waals surface area contributed by atoms with E-state index >= 15 is 0 Å².